The Morgan fingerprint density at radius 1 is 0.609 bits per heavy atom. The van der Waals surface area contributed by atoms with Gasteiger partial charge in [0.15, 0.2) is 0 Å². The predicted molar refractivity (Wildman–Crippen MR) is 96.7 cm³/mol. The topological polar surface area (TPSA) is 40.5 Å². The predicted octanol–water partition coefficient (Wildman–Crippen LogP) is 3.34. The van der Waals surface area contributed by atoms with Crippen molar-refractivity contribution in [2.45, 2.75) is 0 Å². The van der Waals surface area contributed by atoms with Crippen LogP contribution in [0.5, 0.6) is 0 Å². The molecule has 0 aromatic heterocycles. The number of hydrogen-bond donors (Lipinski definition) is 2. The van der Waals surface area contributed by atoms with Crippen molar-refractivity contribution in [1.82, 2.24) is 0 Å². The molecule has 0 aliphatic carbocycles. The number of benzene rings is 4. The number of fused-ring (bicyclic) bond motifs is 2. The Bertz CT molecular complexity index is 1000. The van der Waals surface area contributed by atoms with Gasteiger partial charge in [-0.05, 0) is 44.2 Å². The zero-order valence-electron chi connectivity index (χ0n) is 12.5. The summed E-state index contributed by atoms with van der Waals surface area (Å²) in [7, 11) is -1.43. The molecule has 0 aliphatic rings. The summed E-state index contributed by atoms with van der Waals surface area (Å²) >= 11 is 0. The third-order valence-corrected chi connectivity index (χ3v) is 4.26. The SMILES string of the molecule is OB(O)c1ccc2cc(-c3cccc4ccccc34)ccc2c1. The highest BCUT2D eigenvalue weighted by Crippen LogP contribution is 2.30. The minimum absolute atomic E-state index is 0.510. The monoisotopic (exact) mass is 298 g/mol. The van der Waals surface area contributed by atoms with Gasteiger partial charge in [-0.3, -0.25) is 0 Å². The fourth-order valence-electron chi connectivity index (χ4n) is 3.07. The second-order valence-electron chi connectivity index (χ2n) is 5.72. The second kappa shape index (κ2) is 5.54. The Hall–Kier alpha value is -2.62. The van der Waals surface area contributed by atoms with E-state index in [0.717, 1.165) is 16.3 Å². The van der Waals surface area contributed by atoms with Gasteiger partial charge in [-0.2, -0.15) is 0 Å². The van der Waals surface area contributed by atoms with E-state index in [1.165, 1.54) is 16.3 Å². The quantitative estimate of drug-likeness (QED) is 0.557. The Morgan fingerprint density at radius 3 is 2.22 bits per heavy atom. The fraction of sp³-hybridized carbons (Fsp3) is 0. The molecule has 2 nitrogen and oxygen atoms in total. The first-order valence-electron chi connectivity index (χ1n) is 7.60. The van der Waals surface area contributed by atoms with Gasteiger partial charge < -0.3 is 10.0 Å². The van der Waals surface area contributed by atoms with E-state index in [1.807, 2.05) is 24.3 Å². The van der Waals surface area contributed by atoms with E-state index in [2.05, 4.69) is 48.5 Å². The van der Waals surface area contributed by atoms with Crippen LogP contribution in [0.15, 0.2) is 78.9 Å². The van der Waals surface area contributed by atoms with Crippen molar-refractivity contribution >= 4 is 34.1 Å². The minimum Gasteiger partial charge on any atom is -0.423 e. The van der Waals surface area contributed by atoms with Crippen LogP contribution in [0, 0.1) is 0 Å². The third kappa shape index (κ3) is 2.50. The van der Waals surface area contributed by atoms with Crippen molar-refractivity contribution in [2.24, 2.45) is 0 Å². The molecule has 0 atom stereocenters. The maximum Gasteiger partial charge on any atom is 0.488 e. The molecule has 0 bridgehead atoms. The molecule has 0 aliphatic heterocycles. The van der Waals surface area contributed by atoms with Crippen molar-refractivity contribution < 1.29 is 10.0 Å². The molecular formula is C20H15BO2. The Kier molecular flexibility index (Phi) is 3.38. The molecule has 4 rings (SSSR count). The van der Waals surface area contributed by atoms with E-state index in [-0.39, 0.29) is 0 Å². The van der Waals surface area contributed by atoms with Crippen LogP contribution in [0.3, 0.4) is 0 Å². The zero-order chi connectivity index (χ0) is 15.8. The van der Waals surface area contributed by atoms with Gasteiger partial charge in [0.1, 0.15) is 0 Å². The highest BCUT2D eigenvalue weighted by atomic mass is 16.4. The van der Waals surface area contributed by atoms with Crippen molar-refractivity contribution in [2.75, 3.05) is 0 Å². The molecule has 23 heavy (non-hydrogen) atoms. The van der Waals surface area contributed by atoms with Crippen LogP contribution in [0.2, 0.25) is 0 Å². The molecule has 0 radical (unpaired) electrons. The van der Waals surface area contributed by atoms with E-state index in [4.69, 9.17) is 0 Å². The van der Waals surface area contributed by atoms with Gasteiger partial charge in [0, 0.05) is 0 Å². The fourth-order valence-corrected chi connectivity index (χ4v) is 3.07. The lowest BCUT2D eigenvalue weighted by molar-refractivity contribution is 0.426. The first kappa shape index (κ1) is 14.0. The molecule has 110 valence electrons. The lowest BCUT2D eigenvalue weighted by atomic mass is 9.79. The smallest absolute Gasteiger partial charge is 0.423 e. The lowest BCUT2D eigenvalue weighted by Crippen LogP contribution is -2.29. The molecule has 2 N–H and O–H groups in total. The molecule has 0 fully saturated rings. The average molecular weight is 298 g/mol. The molecule has 0 unspecified atom stereocenters. The van der Waals surface area contributed by atoms with Crippen molar-refractivity contribution in [3.05, 3.63) is 78.9 Å². The van der Waals surface area contributed by atoms with Crippen LogP contribution in [-0.2, 0) is 0 Å². The van der Waals surface area contributed by atoms with Gasteiger partial charge in [-0.1, -0.05) is 72.8 Å². The third-order valence-electron chi connectivity index (χ3n) is 4.26. The van der Waals surface area contributed by atoms with E-state index in [9.17, 15) is 10.0 Å². The summed E-state index contributed by atoms with van der Waals surface area (Å²) in [6, 6.07) is 26.4. The van der Waals surface area contributed by atoms with Crippen LogP contribution in [0.25, 0.3) is 32.7 Å². The molecule has 0 heterocycles. The van der Waals surface area contributed by atoms with Crippen LogP contribution >= 0.6 is 0 Å². The largest absolute Gasteiger partial charge is 0.488 e. The summed E-state index contributed by atoms with van der Waals surface area (Å²) in [6.07, 6.45) is 0. The van der Waals surface area contributed by atoms with Crippen LogP contribution in [-0.4, -0.2) is 17.2 Å². The van der Waals surface area contributed by atoms with E-state index < -0.39 is 7.12 Å². The van der Waals surface area contributed by atoms with E-state index in [0.29, 0.717) is 5.46 Å². The molecule has 0 spiro atoms. The maximum atomic E-state index is 9.29. The molecule has 0 saturated heterocycles. The Balaban J connectivity index is 1.90. The zero-order valence-corrected chi connectivity index (χ0v) is 12.5. The van der Waals surface area contributed by atoms with Crippen LogP contribution in [0.4, 0.5) is 0 Å². The summed E-state index contributed by atoms with van der Waals surface area (Å²) in [5.41, 5.74) is 2.87. The van der Waals surface area contributed by atoms with Crippen LogP contribution < -0.4 is 5.46 Å². The molecule has 0 amide bonds. The normalized spacial score (nSPS) is 11.0. The minimum atomic E-state index is -1.43. The van der Waals surface area contributed by atoms with Gasteiger partial charge in [0.05, 0.1) is 0 Å². The molecule has 3 heteroatoms. The van der Waals surface area contributed by atoms with Gasteiger partial charge in [0.25, 0.3) is 0 Å². The maximum absolute atomic E-state index is 9.29. The number of hydrogen-bond acceptors (Lipinski definition) is 2. The highest BCUT2D eigenvalue weighted by molar-refractivity contribution is 6.58. The summed E-state index contributed by atoms with van der Waals surface area (Å²) in [5, 5.41) is 23.1. The molecule has 4 aromatic rings. The molecule has 4 aromatic carbocycles. The Labute approximate surface area is 134 Å². The molecular weight excluding hydrogens is 283 g/mol. The van der Waals surface area contributed by atoms with Gasteiger partial charge in [-0.25, -0.2) is 0 Å². The van der Waals surface area contributed by atoms with Crippen LogP contribution in [0.1, 0.15) is 0 Å². The second-order valence-corrected chi connectivity index (χ2v) is 5.72. The summed E-state index contributed by atoms with van der Waals surface area (Å²) in [5.74, 6) is 0. The van der Waals surface area contributed by atoms with Gasteiger partial charge >= 0.3 is 7.12 Å². The summed E-state index contributed by atoms with van der Waals surface area (Å²) in [6.45, 7) is 0. The first-order valence-corrected chi connectivity index (χ1v) is 7.60. The summed E-state index contributed by atoms with van der Waals surface area (Å²) in [4.78, 5) is 0. The standard InChI is InChI=1S/C20H15BO2/c22-21(23)18-11-10-15-12-17(9-8-16(15)13-18)20-7-3-5-14-4-1-2-6-19(14)20/h1-13,22-23H. The Morgan fingerprint density at radius 2 is 1.35 bits per heavy atom. The van der Waals surface area contributed by atoms with Gasteiger partial charge in [-0.15, -0.1) is 0 Å². The van der Waals surface area contributed by atoms with E-state index in [1.54, 1.807) is 6.07 Å². The highest BCUT2D eigenvalue weighted by Gasteiger charge is 2.11. The first-order chi connectivity index (χ1) is 11.2. The van der Waals surface area contributed by atoms with Crippen molar-refractivity contribution in [3.63, 3.8) is 0 Å². The average Bonchev–Trinajstić information content (AvgIpc) is 2.60. The molecule has 0 saturated carbocycles. The number of rotatable bonds is 2. The van der Waals surface area contributed by atoms with Crippen molar-refractivity contribution in [3.8, 4) is 11.1 Å². The lowest BCUT2D eigenvalue weighted by Gasteiger charge is -2.09. The van der Waals surface area contributed by atoms with E-state index >= 15 is 0 Å². The van der Waals surface area contributed by atoms with Crippen molar-refractivity contribution in [1.29, 1.82) is 0 Å². The summed E-state index contributed by atoms with van der Waals surface area (Å²) < 4.78 is 0. The van der Waals surface area contributed by atoms with Gasteiger partial charge in [0.2, 0.25) is 0 Å².